The van der Waals surface area contributed by atoms with Crippen molar-refractivity contribution in [2.45, 2.75) is 0 Å². The minimum absolute atomic E-state index is 0.187. The van der Waals surface area contributed by atoms with Crippen molar-refractivity contribution < 1.29 is 26.7 Å². The second kappa shape index (κ2) is 5.96. The van der Waals surface area contributed by atoms with Gasteiger partial charge >= 0.3 is 0 Å². The molecule has 2 aromatic carbocycles. The summed E-state index contributed by atoms with van der Waals surface area (Å²) in [6.07, 6.45) is 0. The quantitative estimate of drug-likeness (QED) is 0.340. The number of hydrogen-bond donors (Lipinski definition) is 1. The van der Waals surface area contributed by atoms with Crippen molar-refractivity contribution in [1.82, 2.24) is 0 Å². The molecule has 0 aliphatic carbocycles. The third kappa shape index (κ3) is 2.85. The van der Waals surface area contributed by atoms with Gasteiger partial charge in [-0.1, -0.05) is 12.1 Å². The Morgan fingerprint density at radius 1 is 0.857 bits per heavy atom. The van der Waals surface area contributed by atoms with Crippen LogP contribution in [-0.2, 0) is 0 Å². The predicted octanol–water partition coefficient (Wildman–Crippen LogP) is 4.24. The molecule has 0 aliphatic rings. The van der Waals surface area contributed by atoms with Gasteiger partial charge in [0.1, 0.15) is 5.56 Å². The number of carbonyl (C=O) groups excluding carboxylic acids is 1. The third-order valence-corrected chi connectivity index (χ3v) is 3.50. The number of anilines is 1. The summed E-state index contributed by atoms with van der Waals surface area (Å²) in [5.41, 5.74) is -1.34. The Morgan fingerprint density at radius 3 is 1.86 bits per heavy atom. The molecule has 2 rings (SSSR count). The molecule has 0 aliphatic heterocycles. The average Bonchev–Trinajstić information content (AvgIpc) is 2.46. The molecular weight excluding hydrogens is 408 g/mol. The summed E-state index contributed by atoms with van der Waals surface area (Å²) in [5.74, 6) is -12.4. The van der Waals surface area contributed by atoms with Gasteiger partial charge in [-0.3, -0.25) is 4.79 Å². The molecule has 0 heterocycles. The van der Waals surface area contributed by atoms with Crippen LogP contribution >= 0.6 is 22.6 Å². The predicted molar refractivity (Wildman–Crippen MR) is 73.3 cm³/mol. The number of carbonyl (C=O) groups is 1. The number of nitrogens with one attached hydrogen (secondary N) is 1. The highest BCUT2D eigenvalue weighted by molar-refractivity contribution is 14.1. The summed E-state index contributed by atoms with van der Waals surface area (Å²) in [6.45, 7) is 0. The van der Waals surface area contributed by atoms with Gasteiger partial charge in [0, 0.05) is 3.57 Å². The molecule has 8 heteroatoms. The normalized spacial score (nSPS) is 10.6. The van der Waals surface area contributed by atoms with Crippen molar-refractivity contribution in [3.05, 3.63) is 62.5 Å². The standard InChI is InChI=1S/C13H5F5INO/c14-8-7(9(15)11(17)12(18)10(8)16)13(21)20-6-4-2-1-3-5(6)19/h1-4H,(H,20,21). The second-order valence-electron chi connectivity index (χ2n) is 3.88. The molecule has 110 valence electrons. The lowest BCUT2D eigenvalue weighted by molar-refractivity contribution is 0.101. The van der Waals surface area contributed by atoms with Crippen LogP contribution in [0.1, 0.15) is 10.4 Å². The summed E-state index contributed by atoms with van der Waals surface area (Å²) in [4.78, 5) is 11.8. The Kier molecular flexibility index (Phi) is 4.45. The van der Waals surface area contributed by atoms with E-state index in [1.165, 1.54) is 12.1 Å². The van der Waals surface area contributed by atoms with Crippen molar-refractivity contribution >= 4 is 34.2 Å². The number of rotatable bonds is 2. The Morgan fingerprint density at radius 2 is 1.33 bits per heavy atom. The van der Waals surface area contributed by atoms with Gasteiger partial charge in [-0.25, -0.2) is 22.0 Å². The van der Waals surface area contributed by atoms with Crippen LogP contribution in [0.15, 0.2) is 24.3 Å². The van der Waals surface area contributed by atoms with Gasteiger partial charge < -0.3 is 5.32 Å². The van der Waals surface area contributed by atoms with Crippen LogP contribution in [0.2, 0.25) is 0 Å². The van der Waals surface area contributed by atoms with E-state index in [9.17, 15) is 26.7 Å². The zero-order chi connectivity index (χ0) is 15.7. The summed E-state index contributed by atoms with van der Waals surface area (Å²) in [6, 6.07) is 6.20. The highest BCUT2D eigenvalue weighted by Crippen LogP contribution is 2.25. The number of para-hydroxylation sites is 1. The molecule has 0 radical (unpaired) electrons. The molecule has 2 aromatic rings. The van der Waals surface area contributed by atoms with Crippen LogP contribution in [0.25, 0.3) is 0 Å². The van der Waals surface area contributed by atoms with Crippen LogP contribution < -0.4 is 5.32 Å². The van der Waals surface area contributed by atoms with Crippen molar-refractivity contribution in [2.24, 2.45) is 0 Å². The molecular formula is C13H5F5INO. The largest absolute Gasteiger partial charge is 0.321 e. The summed E-state index contributed by atoms with van der Waals surface area (Å²) in [7, 11) is 0. The first-order valence-corrected chi connectivity index (χ1v) is 6.49. The zero-order valence-electron chi connectivity index (χ0n) is 9.99. The molecule has 1 amide bonds. The van der Waals surface area contributed by atoms with E-state index in [0.29, 0.717) is 3.57 Å². The Labute approximate surface area is 129 Å². The fourth-order valence-electron chi connectivity index (χ4n) is 1.55. The Hall–Kier alpha value is -1.71. The van der Waals surface area contributed by atoms with Crippen molar-refractivity contribution in [2.75, 3.05) is 5.32 Å². The van der Waals surface area contributed by atoms with E-state index in [0.717, 1.165) is 0 Å². The van der Waals surface area contributed by atoms with Gasteiger partial charge in [0.05, 0.1) is 5.69 Å². The van der Waals surface area contributed by atoms with Crippen LogP contribution in [0, 0.1) is 32.7 Å². The van der Waals surface area contributed by atoms with Crippen molar-refractivity contribution in [3.8, 4) is 0 Å². The molecule has 0 aromatic heterocycles. The minimum Gasteiger partial charge on any atom is -0.321 e. The van der Waals surface area contributed by atoms with Crippen molar-refractivity contribution in [1.29, 1.82) is 0 Å². The lowest BCUT2D eigenvalue weighted by atomic mass is 10.1. The molecule has 0 saturated carbocycles. The summed E-state index contributed by atoms with van der Waals surface area (Å²) >= 11 is 1.84. The first kappa shape index (κ1) is 15.7. The van der Waals surface area contributed by atoms with Gasteiger partial charge in [-0.2, -0.15) is 0 Å². The van der Waals surface area contributed by atoms with Crippen LogP contribution in [0.4, 0.5) is 27.6 Å². The maximum atomic E-state index is 13.5. The number of benzene rings is 2. The van der Waals surface area contributed by atoms with Crippen LogP contribution in [-0.4, -0.2) is 5.91 Å². The van der Waals surface area contributed by atoms with E-state index in [1.807, 2.05) is 22.6 Å². The molecule has 0 bridgehead atoms. The van der Waals surface area contributed by atoms with Crippen LogP contribution in [0.3, 0.4) is 0 Å². The smallest absolute Gasteiger partial charge is 0.261 e. The number of amides is 1. The topological polar surface area (TPSA) is 29.1 Å². The number of halogens is 6. The second-order valence-corrected chi connectivity index (χ2v) is 5.04. The Bertz CT molecular complexity index is 706. The average molecular weight is 413 g/mol. The minimum atomic E-state index is -2.31. The molecule has 0 atom stereocenters. The van der Waals surface area contributed by atoms with Gasteiger partial charge in [-0.15, -0.1) is 0 Å². The molecule has 0 spiro atoms. The van der Waals surface area contributed by atoms with E-state index in [2.05, 4.69) is 5.32 Å². The molecule has 0 saturated heterocycles. The van der Waals surface area contributed by atoms with Gasteiger partial charge in [-0.05, 0) is 34.7 Å². The zero-order valence-corrected chi connectivity index (χ0v) is 12.1. The van der Waals surface area contributed by atoms with Gasteiger partial charge in [0.15, 0.2) is 23.3 Å². The molecule has 21 heavy (non-hydrogen) atoms. The lowest BCUT2D eigenvalue weighted by Crippen LogP contribution is -2.19. The SMILES string of the molecule is O=C(Nc1ccccc1I)c1c(F)c(F)c(F)c(F)c1F. The molecule has 0 unspecified atom stereocenters. The van der Waals surface area contributed by atoms with E-state index < -0.39 is 40.6 Å². The van der Waals surface area contributed by atoms with E-state index in [4.69, 9.17) is 0 Å². The highest BCUT2D eigenvalue weighted by Gasteiger charge is 2.29. The summed E-state index contributed by atoms with van der Waals surface area (Å²) in [5, 5.41) is 2.10. The fourth-order valence-corrected chi connectivity index (χ4v) is 2.07. The van der Waals surface area contributed by atoms with E-state index >= 15 is 0 Å². The van der Waals surface area contributed by atoms with Crippen molar-refractivity contribution in [3.63, 3.8) is 0 Å². The fraction of sp³-hybridized carbons (Fsp3) is 0. The maximum absolute atomic E-state index is 13.5. The van der Waals surface area contributed by atoms with Gasteiger partial charge in [0.25, 0.3) is 5.91 Å². The van der Waals surface area contributed by atoms with E-state index in [1.54, 1.807) is 12.1 Å². The summed E-state index contributed by atoms with van der Waals surface area (Å²) < 4.78 is 66.4. The monoisotopic (exact) mass is 413 g/mol. The first-order valence-electron chi connectivity index (χ1n) is 5.42. The van der Waals surface area contributed by atoms with Crippen LogP contribution in [0.5, 0.6) is 0 Å². The molecule has 0 fully saturated rings. The van der Waals surface area contributed by atoms with E-state index in [-0.39, 0.29) is 5.69 Å². The number of hydrogen-bond acceptors (Lipinski definition) is 1. The molecule has 2 nitrogen and oxygen atoms in total. The van der Waals surface area contributed by atoms with Gasteiger partial charge in [0.2, 0.25) is 5.82 Å². The highest BCUT2D eigenvalue weighted by atomic mass is 127. The Balaban J connectivity index is 2.48. The lowest BCUT2D eigenvalue weighted by Gasteiger charge is -2.10. The third-order valence-electron chi connectivity index (χ3n) is 2.56. The molecule has 1 N–H and O–H groups in total. The first-order chi connectivity index (χ1) is 9.84. The maximum Gasteiger partial charge on any atom is 0.261 e.